The summed E-state index contributed by atoms with van der Waals surface area (Å²) in [6.07, 6.45) is 0.977. The lowest BCUT2D eigenvalue weighted by Crippen LogP contribution is -2.10. The van der Waals surface area contributed by atoms with E-state index in [1.165, 1.54) is 0 Å². The van der Waals surface area contributed by atoms with Gasteiger partial charge in [0.05, 0.1) is 22.8 Å². The minimum Gasteiger partial charge on any atom is -0.398 e. The van der Waals surface area contributed by atoms with Crippen LogP contribution in [0.3, 0.4) is 0 Å². The van der Waals surface area contributed by atoms with Crippen molar-refractivity contribution in [2.45, 2.75) is 26.7 Å². The summed E-state index contributed by atoms with van der Waals surface area (Å²) in [5.74, 6) is 0.00218. The van der Waals surface area contributed by atoms with Crippen LogP contribution in [-0.4, -0.2) is 15.6 Å². The van der Waals surface area contributed by atoms with Crippen LogP contribution in [0.2, 0.25) is 5.02 Å². The van der Waals surface area contributed by atoms with Gasteiger partial charge in [0.15, 0.2) is 5.78 Å². The molecule has 0 aliphatic carbocycles. The maximum Gasteiger partial charge on any atom is 0.169 e. The molecule has 4 nitrogen and oxygen atoms in total. The van der Waals surface area contributed by atoms with Gasteiger partial charge in [0.2, 0.25) is 0 Å². The van der Waals surface area contributed by atoms with Gasteiger partial charge in [0, 0.05) is 18.3 Å². The van der Waals surface area contributed by atoms with Gasteiger partial charge >= 0.3 is 0 Å². The number of aryl methyl sites for hydroxylation is 2. The molecule has 2 aromatic rings. The summed E-state index contributed by atoms with van der Waals surface area (Å²) in [7, 11) is 1.81. The first kappa shape index (κ1) is 14.6. The lowest BCUT2D eigenvalue weighted by Gasteiger charge is -2.08. The predicted molar refractivity (Wildman–Crippen MR) is 81.2 cm³/mol. The molecule has 106 valence electrons. The summed E-state index contributed by atoms with van der Waals surface area (Å²) in [6, 6.07) is 5.37. The van der Waals surface area contributed by atoms with Crippen LogP contribution in [0.5, 0.6) is 0 Å². The Morgan fingerprint density at radius 3 is 2.75 bits per heavy atom. The first-order chi connectivity index (χ1) is 9.45. The number of aromatic nitrogens is 2. The number of hydrogen-bond acceptors (Lipinski definition) is 3. The van der Waals surface area contributed by atoms with E-state index < -0.39 is 0 Å². The number of nitrogens with zero attached hydrogens (tertiary/aromatic N) is 2. The van der Waals surface area contributed by atoms with Crippen LogP contribution in [0.1, 0.15) is 34.2 Å². The van der Waals surface area contributed by atoms with Crippen LogP contribution < -0.4 is 5.73 Å². The molecule has 0 radical (unpaired) electrons. The molecule has 0 saturated heterocycles. The maximum absolute atomic E-state index is 12.4. The third-order valence-corrected chi connectivity index (χ3v) is 3.94. The highest BCUT2D eigenvalue weighted by molar-refractivity contribution is 6.32. The zero-order valence-electron chi connectivity index (χ0n) is 11.9. The lowest BCUT2D eigenvalue weighted by atomic mass is 10.00. The fourth-order valence-electron chi connectivity index (χ4n) is 2.21. The molecule has 0 aliphatic heterocycles. The molecule has 1 heterocycles. The summed E-state index contributed by atoms with van der Waals surface area (Å²) in [4.78, 5) is 12.4. The SMILES string of the molecule is CCc1nn(C)c(CC(=O)c2cccc(N)c2C)c1Cl. The standard InChI is InChI=1S/C15H18ClN3O/c1-4-12-15(16)13(19(3)18-12)8-14(20)10-6-5-7-11(17)9(10)2/h5-7H,4,8,17H2,1-3H3. The summed E-state index contributed by atoms with van der Waals surface area (Å²) < 4.78 is 1.68. The Hall–Kier alpha value is -1.81. The first-order valence-corrected chi connectivity index (χ1v) is 6.92. The summed E-state index contributed by atoms with van der Waals surface area (Å²) >= 11 is 6.27. The quantitative estimate of drug-likeness (QED) is 0.696. The second-order valence-corrected chi connectivity index (χ2v) is 5.18. The molecule has 0 fully saturated rings. The zero-order valence-corrected chi connectivity index (χ0v) is 12.7. The minimum atomic E-state index is 0.00218. The summed E-state index contributed by atoms with van der Waals surface area (Å²) in [5, 5.41) is 4.91. The van der Waals surface area contributed by atoms with Crippen molar-refractivity contribution in [1.82, 2.24) is 9.78 Å². The number of nitrogens with two attached hydrogens (primary N) is 1. The van der Waals surface area contributed by atoms with E-state index in [4.69, 9.17) is 17.3 Å². The van der Waals surface area contributed by atoms with Crippen molar-refractivity contribution < 1.29 is 4.79 Å². The molecule has 1 aromatic heterocycles. The average Bonchev–Trinajstić information content (AvgIpc) is 2.69. The number of anilines is 1. The maximum atomic E-state index is 12.4. The highest BCUT2D eigenvalue weighted by atomic mass is 35.5. The number of carbonyl (C=O) groups is 1. The van der Waals surface area contributed by atoms with E-state index in [1.54, 1.807) is 29.9 Å². The van der Waals surface area contributed by atoms with Crippen molar-refractivity contribution >= 4 is 23.1 Å². The monoisotopic (exact) mass is 291 g/mol. The third kappa shape index (κ3) is 2.56. The fraction of sp³-hybridized carbons (Fsp3) is 0.333. The van der Waals surface area contributed by atoms with E-state index in [1.807, 2.05) is 13.8 Å². The van der Waals surface area contributed by atoms with Gasteiger partial charge in [0.25, 0.3) is 0 Å². The highest BCUT2D eigenvalue weighted by Gasteiger charge is 2.18. The van der Waals surface area contributed by atoms with Crippen molar-refractivity contribution in [3.63, 3.8) is 0 Å². The molecule has 1 aromatic carbocycles. The van der Waals surface area contributed by atoms with Crippen LogP contribution in [0.4, 0.5) is 5.69 Å². The molecule has 0 atom stereocenters. The first-order valence-electron chi connectivity index (χ1n) is 6.54. The Bertz CT molecular complexity index is 661. The number of benzene rings is 1. The van der Waals surface area contributed by atoms with Gasteiger partial charge in [-0.2, -0.15) is 5.10 Å². The largest absolute Gasteiger partial charge is 0.398 e. The van der Waals surface area contributed by atoms with Crippen LogP contribution in [0.25, 0.3) is 0 Å². The van der Waals surface area contributed by atoms with E-state index in [2.05, 4.69) is 5.10 Å². The Labute approximate surface area is 123 Å². The van der Waals surface area contributed by atoms with E-state index >= 15 is 0 Å². The van der Waals surface area contributed by atoms with Gasteiger partial charge in [-0.25, -0.2) is 0 Å². The van der Waals surface area contributed by atoms with Crippen molar-refractivity contribution in [1.29, 1.82) is 0 Å². The molecule has 20 heavy (non-hydrogen) atoms. The number of hydrogen-bond donors (Lipinski definition) is 1. The van der Waals surface area contributed by atoms with Crippen LogP contribution in [-0.2, 0) is 19.9 Å². The smallest absolute Gasteiger partial charge is 0.169 e. The minimum absolute atomic E-state index is 0.00218. The summed E-state index contributed by atoms with van der Waals surface area (Å²) in [6.45, 7) is 3.84. The van der Waals surface area contributed by atoms with Crippen molar-refractivity contribution in [2.75, 3.05) is 5.73 Å². The molecule has 2 N–H and O–H groups in total. The average molecular weight is 292 g/mol. The number of ketones is 1. The Morgan fingerprint density at radius 1 is 1.45 bits per heavy atom. The number of rotatable bonds is 4. The van der Waals surface area contributed by atoms with Gasteiger partial charge in [-0.15, -0.1) is 0 Å². The Morgan fingerprint density at radius 2 is 2.15 bits per heavy atom. The second kappa shape index (κ2) is 5.67. The van der Waals surface area contributed by atoms with Crippen LogP contribution in [0, 0.1) is 6.92 Å². The Balaban J connectivity index is 2.33. The molecule has 0 saturated carbocycles. The molecule has 2 rings (SSSR count). The molecular formula is C15H18ClN3O. The molecule has 0 amide bonds. The van der Waals surface area contributed by atoms with Crippen LogP contribution in [0.15, 0.2) is 18.2 Å². The normalized spacial score (nSPS) is 10.8. The molecule has 0 bridgehead atoms. The molecule has 0 spiro atoms. The van der Waals surface area contributed by atoms with Gasteiger partial charge in [-0.3, -0.25) is 9.48 Å². The van der Waals surface area contributed by atoms with Gasteiger partial charge in [-0.05, 0) is 25.0 Å². The third-order valence-electron chi connectivity index (χ3n) is 3.51. The number of Topliss-reactive ketones (excluding diaryl/α,β-unsaturated/α-hetero) is 1. The van der Waals surface area contributed by atoms with Crippen molar-refractivity contribution in [3.05, 3.63) is 45.7 Å². The Kier molecular flexibility index (Phi) is 4.14. The van der Waals surface area contributed by atoms with E-state index in [9.17, 15) is 4.79 Å². The second-order valence-electron chi connectivity index (χ2n) is 4.80. The molecule has 0 unspecified atom stereocenters. The summed E-state index contributed by atoms with van der Waals surface area (Å²) in [5.41, 5.74) is 9.48. The number of carbonyl (C=O) groups excluding carboxylic acids is 1. The predicted octanol–water partition coefficient (Wildman–Crippen LogP) is 2.95. The van der Waals surface area contributed by atoms with E-state index in [-0.39, 0.29) is 12.2 Å². The van der Waals surface area contributed by atoms with Gasteiger partial charge in [0.1, 0.15) is 0 Å². The zero-order chi connectivity index (χ0) is 14.9. The molecular weight excluding hydrogens is 274 g/mol. The molecule has 5 heteroatoms. The van der Waals surface area contributed by atoms with Crippen molar-refractivity contribution in [3.8, 4) is 0 Å². The molecule has 0 aliphatic rings. The topological polar surface area (TPSA) is 60.9 Å². The fourth-order valence-corrected chi connectivity index (χ4v) is 2.58. The van der Waals surface area contributed by atoms with Gasteiger partial charge < -0.3 is 5.73 Å². The van der Waals surface area contributed by atoms with E-state index in [0.29, 0.717) is 16.3 Å². The van der Waals surface area contributed by atoms with Gasteiger partial charge in [-0.1, -0.05) is 30.7 Å². The lowest BCUT2D eigenvalue weighted by molar-refractivity contribution is 0.0990. The van der Waals surface area contributed by atoms with Crippen molar-refractivity contribution in [2.24, 2.45) is 7.05 Å². The van der Waals surface area contributed by atoms with Crippen LogP contribution >= 0.6 is 11.6 Å². The van der Waals surface area contributed by atoms with E-state index in [0.717, 1.165) is 23.4 Å². The number of halogens is 1. The number of nitrogen functional groups attached to an aromatic ring is 1. The highest BCUT2D eigenvalue weighted by Crippen LogP contribution is 2.24.